The van der Waals surface area contributed by atoms with Gasteiger partial charge in [-0.2, -0.15) is 0 Å². The summed E-state index contributed by atoms with van der Waals surface area (Å²) in [6.45, 7) is 0. The Morgan fingerprint density at radius 2 is 0.733 bits per heavy atom. The van der Waals surface area contributed by atoms with Gasteiger partial charge in [-0.15, -0.1) is 0 Å². The number of benzene rings is 10. The van der Waals surface area contributed by atoms with E-state index in [1.807, 2.05) is 12.1 Å². The fraction of sp³-hybridized carbons (Fsp3) is 0. The summed E-state index contributed by atoms with van der Waals surface area (Å²) in [7, 11) is 0. The maximum atomic E-state index is 6.59. The lowest BCUT2D eigenvalue weighted by atomic mass is 9.96. The minimum absolute atomic E-state index is 0.880. The summed E-state index contributed by atoms with van der Waals surface area (Å²) in [5, 5.41) is 6.08. The van der Waals surface area contributed by atoms with Crippen LogP contribution in [0, 0.1) is 0 Å². The molecule has 0 aliphatic rings. The lowest BCUT2D eigenvalue weighted by Gasteiger charge is -2.26. The van der Waals surface area contributed by atoms with E-state index in [0.717, 1.165) is 61.6 Å². The maximum Gasteiger partial charge on any atom is 0.143 e. The molecule has 1 heterocycles. The molecule has 282 valence electrons. The van der Waals surface area contributed by atoms with Crippen molar-refractivity contribution in [1.29, 1.82) is 0 Å². The van der Waals surface area contributed by atoms with Gasteiger partial charge in [-0.25, -0.2) is 0 Å². The van der Waals surface area contributed by atoms with Crippen LogP contribution in [0.4, 0.5) is 17.1 Å². The van der Waals surface area contributed by atoms with Crippen LogP contribution in [0.3, 0.4) is 0 Å². The summed E-state index contributed by atoms with van der Waals surface area (Å²) in [5.41, 5.74) is 14.5. The zero-order valence-electron chi connectivity index (χ0n) is 32.9. The van der Waals surface area contributed by atoms with Crippen LogP contribution in [-0.2, 0) is 0 Å². The van der Waals surface area contributed by atoms with Crippen LogP contribution in [0.2, 0.25) is 0 Å². The van der Waals surface area contributed by atoms with Crippen LogP contribution >= 0.6 is 0 Å². The summed E-state index contributed by atoms with van der Waals surface area (Å²) < 4.78 is 6.59. The van der Waals surface area contributed by atoms with Crippen molar-refractivity contribution in [3.8, 4) is 55.8 Å². The Morgan fingerprint density at radius 3 is 1.38 bits per heavy atom. The summed E-state index contributed by atoms with van der Waals surface area (Å²) in [5.74, 6) is 0.880. The van der Waals surface area contributed by atoms with Gasteiger partial charge in [-0.3, -0.25) is 0 Å². The van der Waals surface area contributed by atoms with Crippen molar-refractivity contribution < 1.29 is 4.42 Å². The van der Waals surface area contributed by atoms with Crippen molar-refractivity contribution in [2.75, 3.05) is 4.90 Å². The number of para-hydroxylation sites is 1. The van der Waals surface area contributed by atoms with Gasteiger partial charge < -0.3 is 9.32 Å². The van der Waals surface area contributed by atoms with Gasteiger partial charge in [-0.1, -0.05) is 176 Å². The molecule has 0 fully saturated rings. The average molecular weight is 766 g/mol. The first-order valence-electron chi connectivity index (χ1n) is 20.5. The first-order chi connectivity index (χ1) is 29.7. The van der Waals surface area contributed by atoms with E-state index in [1.165, 1.54) is 43.8 Å². The van der Waals surface area contributed by atoms with Gasteiger partial charge in [0.1, 0.15) is 11.3 Å². The first-order valence-corrected chi connectivity index (χ1v) is 20.5. The van der Waals surface area contributed by atoms with Gasteiger partial charge in [0.2, 0.25) is 0 Å². The van der Waals surface area contributed by atoms with E-state index in [-0.39, 0.29) is 0 Å². The summed E-state index contributed by atoms with van der Waals surface area (Å²) >= 11 is 0. The largest absolute Gasteiger partial charge is 0.455 e. The molecule has 60 heavy (non-hydrogen) atoms. The normalized spacial score (nSPS) is 11.3. The molecule has 0 saturated carbocycles. The Kier molecular flexibility index (Phi) is 8.87. The van der Waals surface area contributed by atoms with E-state index >= 15 is 0 Å². The van der Waals surface area contributed by atoms with E-state index in [0.29, 0.717) is 0 Å². The molecule has 0 spiro atoms. The van der Waals surface area contributed by atoms with Crippen molar-refractivity contribution in [2.24, 2.45) is 0 Å². The van der Waals surface area contributed by atoms with Crippen LogP contribution in [0.5, 0.6) is 0 Å². The van der Waals surface area contributed by atoms with Crippen LogP contribution in [0.15, 0.2) is 241 Å². The van der Waals surface area contributed by atoms with E-state index < -0.39 is 0 Å². The van der Waals surface area contributed by atoms with Crippen LogP contribution in [0.25, 0.3) is 88.3 Å². The molecule has 11 aromatic rings. The molecule has 0 unspecified atom stereocenters. The minimum atomic E-state index is 0.880. The number of fused-ring (bicyclic) bond motifs is 3. The number of hydrogen-bond acceptors (Lipinski definition) is 2. The molecule has 0 N–H and O–H groups in total. The van der Waals surface area contributed by atoms with E-state index in [2.05, 4.69) is 229 Å². The molecule has 0 radical (unpaired) electrons. The molecule has 0 aliphatic heterocycles. The van der Waals surface area contributed by atoms with Gasteiger partial charge in [0.25, 0.3) is 0 Å². The number of furan rings is 1. The molecular formula is C58H39NO. The molecule has 2 nitrogen and oxygen atoms in total. The molecule has 0 atom stereocenters. The highest BCUT2D eigenvalue weighted by atomic mass is 16.3. The average Bonchev–Trinajstić information content (AvgIpc) is 3.72. The smallest absolute Gasteiger partial charge is 0.143 e. The minimum Gasteiger partial charge on any atom is -0.455 e. The Morgan fingerprint density at radius 1 is 0.267 bits per heavy atom. The quantitative estimate of drug-likeness (QED) is 0.153. The number of nitrogens with zero attached hydrogens (tertiary/aromatic N) is 1. The SMILES string of the molecule is c1ccc(-c2c(-c3cccc(-c4ccc(N(c5ccc(-c6ccc7ccccc7c6)cc5)c5cccc(-c6ccc7ccccc7c6)c5)cc4)c3)oc3ccccc23)cc1. The zero-order chi connectivity index (χ0) is 39.8. The second kappa shape index (κ2) is 15.1. The van der Waals surface area contributed by atoms with Crippen molar-refractivity contribution in [1.82, 2.24) is 0 Å². The second-order valence-corrected chi connectivity index (χ2v) is 15.4. The van der Waals surface area contributed by atoms with Crippen LogP contribution < -0.4 is 4.90 Å². The predicted molar refractivity (Wildman–Crippen MR) is 253 cm³/mol. The summed E-state index contributed by atoms with van der Waals surface area (Å²) in [6.07, 6.45) is 0. The van der Waals surface area contributed by atoms with E-state index in [9.17, 15) is 0 Å². The summed E-state index contributed by atoms with van der Waals surface area (Å²) in [4.78, 5) is 2.36. The molecule has 10 aromatic carbocycles. The molecule has 0 bridgehead atoms. The standard InChI is InChI=1S/C58H39NO/c1-2-14-44(15-3-1)57-55-22-8-9-23-56(55)60-58(57)51-20-10-18-47(38-51)42-28-32-52(33-29-42)59(53-34-30-43(31-35-53)49-26-24-40-12-4-6-16-45(40)36-49)54-21-11-19-48(39-54)50-27-25-41-13-5-7-17-46(41)37-50/h1-39H. The van der Waals surface area contributed by atoms with Gasteiger partial charge in [0, 0.05) is 33.6 Å². The van der Waals surface area contributed by atoms with Gasteiger partial charge in [0.05, 0.1) is 0 Å². The fourth-order valence-electron chi connectivity index (χ4n) is 8.60. The van der Waals surface area contributed by atoms with E-state index in [1.54, 1.807) is 0 Å². The molecule has 1 aromatic heterocycles. The fourth-order valence-corrected chi connectivity index (χ4v) is 8.60. The third-order valence-electron chi connectivity index (χ3n) is 11.6. The van der Waals surface area contributed by atoms with Gasteiger partial charge in [0.15, 0.2) is 0 Å². The van der Waals surface area contributed by atoms with E-state index in [4.69, 9.17) is 4.42 Å². The Hall–Kier alpha value is -7.94. The molecule has 11 rings (SSSR count). The monoisotopic (exact) mass is 765 g/mol. The third-order valence-corrected chi connectivity index (χ3v) is 11.6. The Bertz CT molecular complexity index is 3310. The highest BCUT2D eigenvalue weighted by molar-refractivity contribution is 6.02. The van der Waals surface area contributed by atoms with Crippen molar-refractivity contribution >= 4 is 49.6 Å². The number of rotatable bonds is 8. The summed E-state index contributed by atoms with van der Waals surface area (Å²) in [6, 6.07) is 84.8. The first kappa shape index (κ1) is 35.2. The predicted octanol–water partition coefficient (Wildman–Crippen LogP) is 16.5. The topological polar surface area (TPSA) is 16.4 Å². The zero-order valence-corrected chi connectivity index (χ0v) is 32.9. The molecule has 2 heteroatoms. The maximum absolute atomic E-state index is 6.59. The molecule has 0 saturated heterocycles. The molecule has 0 aliphatic carbocycles. The van der Waals surface area contributed by atoms with Crippen molar-refractivity contribution in [2.45, 2.75) is 0 Å². The lowest BCUT2D eigenvalue weighted by molar-refractivity contribution is 0.632. The third kappa shape index (κ3) is 6.61. The van der Waals surface area contributed by atoms with Crippen LogP contribution in [0.1, 0.15) is 0 Å². The van der Waals surface area contributed by atoms with Gasteiger partial charge in [-0.05, 0) is 121 Å². The molecule has 0 amide bonds. The van der Waals surface area contributed by atoms with Crippen molar-refractivity contribution in [3.63, 3.8) is 0 Å². The van der Waals surface area contributed by atoms with Gasteiger partial charge >= 0.3 is 0 Å². The van der Waals surface area contributed by atoms with Crippen LogP contribution in [-0.4, -0.2) is 0 Å². The number of anilines is 3. The highest BCUT2D eigenvalue weighted by Crippen LogP contribution is 2.43. The Labute approximate surface area is 349 Å². The molecular weight excluding hydrogens is 727 g/mol. The highest BCUT2D eigenvalue weighted by Gasteiger charge is 2.19. The second-order valence-electron chi connectivity index (χ2n) is 15.4. The number of hydrogen-bond donors (Lipinski definition) is 0. The lowest BCUT2D eigenvalue weighted by Crippen LogP contribution is -2.10. The Balaban J connectivity index is 0.976. The van der Waals surface area contributed by atoms with Crippen molar-refractivity contribution in [3.05, 3.63) is 237 Å².